The summed E-state index contributed by atoms with van der Waals surface area (Å²) in [6.45, 7) is 0. The van der Waals surface area contributed by atoms with Gasteiger partial charge in [-0.2, -0.15) is 9.49 Å². The molecule has 0 radical (unpaired) electrons. The SMILES string of the molecule is Fc1cc(-c2cn[nH]c2-c2ccccc2)ccn1. The van der Waals surface area contributed by atoms with Crippen molar-refractivity contribution in [2.75, 3.05) is 0 Å². The van der Waals surface area contributed by atoms with Gasteiger partial charge in [0.2, 0.25) is 5.95 Å². The molecule has 0 aliphatic heterocycles. The van der Waals surface area contributed by atoms with Gasteiger partial charge in [-0.15, -0.1) is 0 Å². The summed E-state index contributed by atoms with van der Waals surface area (Å²) in [5, 5.41) is 6.98. The van der Waals surface area contributed by atoms with Gasteiger partial charge in [-0.05, 0) is 11.6 Å². The summed E-state index contributed by atoms with van der Waals surface area (Å²) < 4.78 is 13.2. The molecule has 3 rings (SSSR count). The highest BCUT2D eigenvalue weighted by Crippen LogP contribution is 2.29. The van der Waals surface area contributed by atoms with E-state index in [9.17, 15) is 4.39 Å². The van der Waals surface area contributed by atoms with Gasteiger partial charge in [0.05, 0.1) is 11.9 Å². The molecule has 0 spiro atoms. The largest absolute Gasteiger partial charge is 0.277 e. The average molecular weight is 239 g/mol. The van der Waals surface area contributed by atoms with Crippen molar-refractivity contribution < 1.29 is 4.39 Å². The molecular weight excluding hydrogens is 229 g/mol. The Morgan fingerprint density at radius 2 is 1.83 bits per heavy atom. The third-order valence-corrected chi connectivity index (χ3v) is 2.74. The first-order valence-electron chi connectivity index (χ1n) is 5.55. The molecule has 0 bridgehead atoms. The molecule has 1 aromatic carbocycles. The Hall–Kier alpha value is -2.49. The number of nitrogens with zero attached hydrogens (tertiary/aromatic N) is 2. The lowest BCUT2D eigenvalue weighted by Gasteiger charge is -2.03. The third-order valence-electron chi connectivity index (χ3n) is 2.74. The number of aromatic amines is 1. The fourth-order valence-corrected chi connectivity index (χ4v) is 1.90. The summed E-state index contributed by atoms with van der Waals surface area (Å²) >= 11 is 0. The second-order valence-corrected chi connectivity index (χ2v) is 3.89. The summed E-state index contributed by atoms with van der Waals surface area (Å²) in [7, 11) is 0. The molecule has 3 aromatic rings. The topological polar surface area (TPSA) is 41.6 Å². The summed E-state index contributed by atoms with van der Waals surface area (Å²) in [4.78, 5) is 3.55. The van der Waals surface area contributed by atoms with Crippen LogP contribution < -0.4 is 0 Å². The van der Waals surface area contributed by atoms with Crippen LogP contribution in [0.25, 0.3) is 22.4 Å². The van der Waals surface area contributed by atoms with Crippen molar-refractivity contribution in [3.05, 3.63) is 60.8 Å². The standard InChI is InChI=1S/C14H10FN3/c15-13-8-11(6-7-16-13)12-9-17-18-14(12)10-4-2-1-3-5-10/h1-9H,(H,17,18). The van der Waals surface area contributed by atoms with Gasteiger partial charge in [0.1, 0.15) is 0 Å². The quantitative estimate of drug-likeness (QED) is 0.697. The number of pyridine rings is 1. The Morgan fingerprint density at radius 1 is 1.00 bits per heavy atom. The minimum atomic E-state index is -0.493. The molecular formula is C14H10FN3. The highest BCUT2D eigenvalue weighted by Gasteiger charge is 2.10. The van der Waals surface area contributed by atoms with Crippen LogP contribution in [0.15, 0.2) is 54.9 Å². The molecule has 0 atom stereocenters. The summed E-state index contributed by atoms with van der Waals surface area (Å²) in [6, 6.07) is 13.0. The second-order valence-electron chi connectivity index (χ2n) is 3.89. The molecule has 3 nitrogen and oxygen atoms in total. The van der Waals surface area contributed by atoms with E-state index in [1.54, 1.807) is 12.3 Å². The summed E-state index contributed by atoms with van der Waals surface area (Å²) in [6.07, 6.45) is 3.14. The zero-order valence-electron chi connectivity index (χ0n) is 9.47. The fraction of sp³-hybridized carbons (Fsp3) is 0. The van der Waals surface area contributed by atoms with Crippen LogP contribution in [0.4, 0.5) is 4.39 Å². The predicted molar refractivity (Wildman–Crippen MR) is 67.2 cm³/mol. The van der Waals surface area contributed by atoms with Crippen molar-refractivity contribution in [2.24, 2.45) is 0 Å². The molecule has 0 unspecified atom stereocenters. The van der Waals surface area contributed by atoms with Crippen LogP contribution in [0, 0.1) is 5.95 Å². The maximum Gasteiger partial charge on any atom is 0.213 e. The van der Waals surface area contributed by atoms with Gasteiger partial charge in [0.15, 0.2) is 0 Å². The molecule has 18 heavy (non-hydrogen) atoms. The van der Waals surface area contributed by atoms with Crippen molar-refractivity contribution >= 4 is 0 Å². The van der Waals surface area contributed by atoms with Crippen molar-refractivity contribution in [3.63, 3.8) is 0 Å². The van der Waals surface area contributed by atoms with Crippen LogP contribution in [-0.4, -0.2) is 15.2 Å². The van der Waals surface area contributed by atoms with Crippen molar-refractivity contribution in [2.45, 2.75) is 0 Å². The Bertz CT molecular complexity index is 662. The number of aromatic nitrogens is 3. The average Bonchev–Trinajstić information content (AvgIpc) is 2.89. The lowest BCUT2D eigenvalue weighted by molar-refractivity contribution is 0.584. The first-order chi connectivity index (χ1) is 8.84. The molecule has 88 valence electrons. The molecule has 0 saturated carbocycles. The smallest absolute Gasteiger partial charge is 0.213 e. The van der Waals surface area contributed by atoms with Gasteiger partial charge in [0, 0.05) is 23.4 Å². The molecule has 0 amide bonds. The van der Waals surface area contributed by atoms with E-state index < -0.39 is 5.95 Å². The number of halogens is 1. The molecule has 0 aliphatic carbocycles. The van der Waals surface area contributed by atoms with E-state index in [1.807, 2.05) is 30.3 Å². The maximum atomic E-state index is 13.2. The minimum absolute atomic E-state index is 0.493. The summed E-state index contributed by atoms with van der Waals surface area (Å²) in [5.41, 5.74) is 3.51. The number of hydrogen-bond donors (Lipinski definition) is 1. The zero-order chi connectivity index (χ0) is 12.4. The third kappa shape index (κ3) is 1.88. The maximum absolute atomic E-state index is 13.2. The highest BCUT2D eigenvalue weighted by atomic mass is 19.1. The van der Waals surface area contributed by atoms with E-state index in [-0.39, 0.29) is 0 Å². The Kier molecular flexibility index (Phi) is 2.61. The molecule has 1 N–H and O–H groups in total. The normalized spacial score (nSPS) is 10.5. The molecule has 2 heterocycles. The molecule has 2 aromatic heterocycles. The Morgan fingerprint density at radius 3 is 2.61 bits per heavy atom. The second kappa shape index (κ2) is 4.41. The van der Waals surface area contributed by atoms with Crippen molar-refractivity contribution in [3.8, 4) is 22.4 Å². The first-order valence-corrected chi connectivity index (χ1v) is 5.55. The van der Waals surface area contributed by atoms with E-state index in [0.29, 0.717) is 0 Å². The lowest BCUT2D eigenvalue weighted by Crippen LogP contribution is -1.85. The molecule has 4 heteroatoms. The van der Waals surface area contributed by atoms with Crippen LogP contribution in [0.1, 0.15) is 0 Å². The molecule has 0 aliphatic rings. The van der Waals surface area contributed by atoms with E-state index >= 15 is 0 Å². The Labute approximate surface area is 103 Å². The number of nitrogens with one attached hydrogen (secondary N) is 1. The number of H-pyrrole nitrogens is 1. The van der Waals surface area contributed by atoms with Crippen LogP contribution in [0.5, 0.6) is 0 Å². The van der Waals surface area contributed by atoms with E-state index in [2.05, 4.69) is 15.2 Å². The minimum Gasteiger partial charge on any atom is -0.277 e. The van der Waals surface area contributed by atoms with Crippen molar-refractivity contribution in [1.29, 1.82) is 0 Å². The van der Waals surface area contributed by atoms with Gasteiger partial charge < -0.3 is 0 Å². The predicted octanol–water partition coefficient (Wildman–Crippen LogP) is 3.28. The van der Waals surface area contributed by atoms with Crippen molar-refractivity contribution in [1.82, 2.24) is 15.2 Å². The fourth-order valence-electron chi connectivity index (χ4n) is 1.90. The lowest BCUT2D eigenvalue weighted by atomic mass is 10.0. The van der Waals surface area contributed by atoms with Crippen LogP contribution >= 0.6 is 0 Å². The van der Waals surface area contributed by atoms with Gasteiger partial charge in [-0.3, -0.25) is 5.10 Å². The molecule has 0 fully saturated rings. The van der Waals surface area contributed by atoms with Crippen LogP contribution in [0.2, 0.25) is 0 Å². The monoisotopic (exact) mass is 239 g/mol. The van der Waals surface area contributed by atoms with Gasteiger partial charge >= 0.3 is 0 Å². The number of hydrogen-bond acceptors (Lipinski definition) is 2. The Balaban J connectivity index is 2.13. The van der Waals surface area contributed by atoms with E-state index in [0.717, 1.165) is 22.4 Å². The van der Waals surface area contributed by atoms with Crippen LogP contribution in [0.3, 0.4) is 0 Å². The number of benzene rings is 1. The van der Waals surface area contributed by atoms with E-state index in [1.165, 1.54) is 12.3 Å². The zero-order valence-corrected chi connectivity index (χ0v) is 9.47. The first kappa shape index (κ1) is 10.7. The number of rotatable bonds is 2. The molecule has 0 saturated heterocycles. The van der Waals surface area contributed by atoms with Gasteiger partial charge in [0.25, 0.3) is 0 Å². The van der Waals surface area contributed by atoms with Crippen LogP contribution in [-0.2, 0) is 0 Å². The highest BCUT2D eigenvalue weighted by molar-refractivity contribution is 5.79. The van der Waals surface area contributed by atoms with Gasteiger partial charge in [-0.25, -0.2) is 4.98 Å². The summed E-state index contributed by atoms with van der Waals surface area (Å²) in [5.74, 6) is -0.493. The van der Waals surface area contributed by atoms with Gasteiger partial charge in [-0.1, -0.05) is 30.3 Å². The van der Waals surface area contributed by atoms with E-state index in [4.69, 9.17) is 0 Å².